The first kappa shape index (κ1) is 15.1. The Labute approximate surface area is 122 Å². The molecule has 0 saturated carbocycles. The number of hydrogen-bond donors (Lipinski definition) is 2. The van der Waals surface area contributed by atoms with Crippen LogP contribution in [-0.2, 0) is 6.18 Å². The molecule has 0 aliphatic heterocycles. The fourth-order valence-corrected chi connectivity index (χ4v) is 1.80. The molecule has 0 saturated heterocycles. The fraction of sp³-hybridized carbons (Fsp3) is 0.0769. The summed E-state index contributed by atoms with van der Waals surface area (Å²) >= 11 is 5.65. The van der Waals surface area contributed by atoms with E-state index in [0.717, 1.165) is 18.3 Å². The Hall–Kier alpha value is -2.28. The van der Waals surface area contributed by atoms with Crippen LogP contribution in [0.1, 0.15) is 15.9 Å². The highest BCUT2D eigenvalue weighted by Gasteiger charge is 2.31. The van der Waals surface area contributed by atoms with Crippen molar-refractivity contribution >= 4 is 29.1 Å². The van der Waals surface area contributed by atoms with Gasteiger partial charge in [-0.1, -0.05) is 11.6 Å². The van der Waals surface area contributed by atoms with Gasteiger partial charge in [0.15, 0.2) is 0 Å². The highest BCUT2D eigenvalue weighted by molar-refractivity contribution is 6.31. The van der Waals surface area contributed by atoms with Gasteiger partial charge in [-0.05, 0) is 30.3 Å². The number of carboxylic acid groups (broad SMARTS) is 1. The van der Waals surface area contributed by atoms with E-state index in [1.807, 2.05) is 0 Å². The second kappa shape index (κ2) is 5.61. The van der Waals surface area contributed by atoms with Crippen molar-refractivity contribution in [2.75, 3.05) is 5.32 Å². The molecule has 0 atom stereocenters. The fourth-order valence-electron chi connectivity index (χ4n) is 1.57. The highest BCUT2D eigenvalue weighted by Crippen LogP contribution is 2.33. The first-order chi connectivity index (χ1) is 9.75. The van der Waals surface area contributed by atoms with Gasteiger partial charge < -0.3 is 10.4 Å². The number of aromatic nitrogens is 1. The Bertz CT molecular complexity index is 672. The molecule has 0 spiro atoms. The van der Waals surface area contributed by atoms with Crippen LogP contribution in [0.4, 0.5) is 24.7 Å². The lowest BCUT2D eigenvalue weighted by molar-refractivity contribution is -0.137. The molecule has 110 valence electrons. The van der Waals surface area contributed by atoms with Crippen LogP contribution in [0.5, 0.6) is 0 Å². The molecule has 0 unspecified atom stereocenters. The molecule has 0 fully saturated rings. The van der Waals surface area contributed by atoms with Crippen LogP contribution >= 0.6 is 11.6 Å². The van der Waals surface area contributed by atoms with Gasteiger partial charge >= 0.3 is 12.1 Å². The standard InChI is InChI=1S/C13H8ClF3N2O2/c14-9-3-8(13(15,16)17)4-10(5-9)19-11-2-1-7(6-18-11)12(20)21/h1-6H,(H,18,19)(H,20,21). The van der Waals surface area contributed by atoms with Crippen LogP contribution in [-0.4, -0.2) is 16.1 Å². The largest absolute Gasteiger partial charge is 0.478 e. The van der Waals surface area contributed by atoms with Gasteiger partial charge in [-0.2, -0.15) is 13.2 Å². The molecule has 2 N–H and O–H groups in total. The minimum absolute atomic E-state index is 0.0253. The molecule has 21 heavy (non-hydrogen) atoms. The zero-order chi connectivity index (χ0) is 15.6. The van der Waals surface area contributed by atoms with Crippen molar-refractivity contribution in [2.45, 2.75) is 6.18 Å². The van der Waals surface area contributed by atoms with Crippen LogP contribution in [0.25, 0.3) is 0 Å². The molecule has 0 bridgehead atoms. The number of rotatable bonds is 3. The van der Waals surface area contributed by atoms with E-state index in [2.05, 4.69) is 10.3 Å². The monoisotopic (exact) mass is 316 g/mol. The van der Waals surface area contributed by atoms with Crippen molar-refractivity contribution in [1.82, 2.24) is 4.98 Å². The molecule has 0 aliphatic carbocycles. The van der Waals surface area contributed by atoms with E-state index >= 15 is 0 Å². The number of nitrogens with zero attached hydrogens (tertiary/aromatic N) is 1. The summed E-state index contributed by atoms with van der Waals surface area (Å²) in [7, 11) is 0. The highest BCUT2D eigenvalue weighted by atomic mass is 35.5. The third-order valence-corrected chi connectivity index (χ3v) is 2.73. The lowest BCUT2D eigenvalue weighted by Gasteiger charge is -2.11. The normalized spacial score (nSPS) is 11.2. The molecule has 1 aromatic carbocycles. The zero-order valence-corrected chi connectivity index (χ0v) is 11.0. The number of hydrogen-bond acceptors (Lipinski definition) is 3. The molecule has 1 heterocycles. The Morgan fingerprint density at radius 3 is 2.48 bits per heavy atom. The molecule has 1 aromatic heterocycles. The Morgan fingerprint density at radius 2 is 1.95 bits per heavy atom. The first-order valence-corrected chi connectivity index (χ1v) is 5.97. The topological polar surface area (TPSA) is 62.2 Å². The lowest BCUT2D eigenvalue weighted by atomic mass is 10.2. The minimum Gasteiger partial charge on any atom is -0.478 e. The number of carbonyl (C=O) groups is 1. The summed E-state index contributed by atoms with van der Waals surface area (Å²) in [4.78, 5) is 14.5. The number of pyridine rings is 1. The van der Waals surface area contributed by atoms with Crippen molar-refractivity contribution in [2.24, 2.45) is 0 Å². The molecule has 0 radical (unpaired) electrons. The zero-order valence-electron chi connectivity index (χ0n) is 10.3. The summed E-state index contributed by atoms with van der Waals surface area (Å²) in [5.74, 6) is -0.938. The number of nitrogens with one attached hydrogen (secondary N) is 1. The van der Waals surface area contributed by atoms with E-state index in [1.54, 1.807) is 0 Å². The van der Waals surface area contributed by atoms with Gasteiger partial charge in [0, 0.05) is 16.9 Å². The predicted octanol–water partition coefficient (Wildman–Crippen LogP) is 4.20. The summed E-state index contributed by atoms with van der Waals surface area (Å²) in [6.07, 6.45) is -3.41. The van der Waals surface area contributed by atoms with E-state index in [9.17, 15) is 18.0 Å². The second-order valence-corrected chi connectivity index (χ2v) is 4.53. The molecule has 8 heteroatoms. The Morgan fingerprint density at radius 1 is 1.24 bits per heavy atom. The van der Waals surface area contributed by atoms with Crippen LogP contribution in [0.2, 0.25) is 5.02 Å². The minimum atomic E-state index is -4.51. The summed E-state index contributed by atoms with van der Waals surface area (Å²) in [6, 6.07) is 5.64. The van der Waals surface area contributed by atoms with E-state index in [4.69, 9.17) is 16.7 Å². The smallest absolute Gasteiger partial charge is 0.416 e. The van der Waals surface area contributed by atoms with Gasteiger partial charge in [-0.3, -0.25) is 0 Å². The molecular weight excluding hydrogens is 309 g/mol. The van der Waals surface area contributed by atoms with E-state index in [1.165, 1.54) is 18.2 Å². The quantitative estimate of drug-likeness (QED) is 0.891. The number of carboxylic acids is 1. The second-order valence-electron chi connectivity index (χ2n) is 4.09. The van der Waals surface area contributed by atoms with Crippen LogP contribution in [0.15, 0.2) is 36.5 Å². The van der Waals surface area contributed by atoms with Gasteiger partial charge in [-0.25, -0.2) is 9.78 Å². The van der Waals surface area contributed by atoms with Crippen molar-refractivity contribution in [3.63, 3.8) is 0 Å². The Balaban J connectivity index is 2.27. The van der Waals surface area contributed by atoms with Crippen molar-refractivity contribution in [3.8, 4) is 0 Å². The van der Waals surface area contributed by atoms with Gasteiger partial charge in [0.2, 0.25) is 0 Å². The van der Waals surface area contributed by atoms with E-state index < -0.39 is 17.7 Å². The first-order valence-electron chi connectivity index (χ1n) is 5.60. The third kappa shape index (κ3) is 3.85. The third-order valence-electron chi connectivity index (χ3n) is 2.51. The van der Waals surface area contributed by atoms with Gasteiger partial charge in [-0.15, -0.1) is 0 Å². The SMILES string of the molecule is O=C(O)c1ccc(Nc2cc(Cl)cc(C(F)(F)F)c2)nc1. The Kier molecular flexibility index (Phi) is 4.04. The van der Waals surface area contributed by atoms with Gasteiger partial charge in [0.05, 0.1) is 11.1 Å². The average molecular weight is 317 g/mol. The van der Waals surface area contributed by atoms with Crippen LogP contribution < -0.4 is 5.32 Å². The molecule has 4 nitrogen and oxygen atoms in total. The van der Waals surface area contributed by atoms with E-state index in [0.29, 0.717) is 0 Å². The maximum absolute atomic E-state index is 12.7. The van der Waals surface area contributed by atoms with Gasteiger partial charge in [0.25, 0.3) is 0 Å². The number of halogens is 4. The van der Waals surface area contributed by atoms with Crippen molar-refractivity contribution < 1.29 is 23.1 Å². The van der Waals surface area contributed by atoms with Crippen LogP contribution in [0.3, 0.4) is 0 Å². The number of anilines is 2. The number of aromatic carboxylic acids is 1. The number of alkyl halides is 3. The molecule has 2 aromatic rings. The molecular formula is C13H8ClF3N2O2. The molecule has 2 rings (SSSR count). The average Bonchev–Trinajstić information content (AvgIpc) is 2.37. The molecule has 0 amide bonds. The van der Waals surface area contributed by atoms with Gasteiger partial charge in [0.1, 0.15) is 5.82 Å². The summed E-state index contributed by atoms with van der Waals surface area (Å²) < 4.78 is 38.0. The maximum atomic E-state index is 12.7. The van der Waals surface area contributed by atoms with Crippen LogP contribution in [0, 0.1) is 0 Å². The van der Waals surface area contributed by atoms with Crippen molar-refractivity contribution in [1.29, 1.82) is 0 Å². The summed E-state index contributed by atoms with van der Waals surface area (Å²) in [5, 5.41) is 11.3. The summed E-state index contributed by atoms with van der Waals surface area (Å²) in [6.45, 7) is 0. The van der Waals surface area contributed by atoms with Crippen molar-refractivity contribution in [3.05, 3.63) is 52.7 Å². The molecule has 0 aliphatic rings. The van der Waals surface area contributed by atoms with E-state index in [-0.39, 0.29) is 22.1 Å². The summed E-state index contributed by atoms with van der Waals surface area (Å²) in [5.41, 5.74) is -0.812. The lowest BCUT2D eigenvalue weighted by Crippen LogP contribution is -2.06. The maximum Gasteiger partial charge on any atom is 0.416 e. The number of benzene rings is 1. The predicted molar refractivity (Wildman–Crippen MR) is 70.9 cm³/mol.